The molecule has 1 fully saturated rings. The second kappa shape index (κ2) is 5.80. The van der Waals surface area contributed by atoms with E-state index in [1.807, 2.05) is 13.8 Å². The van der Waals surface area contributed by atoms with Crippen molar-refractivity contribution in [3.05, 3.63) is 24.3 Å². The van der Waals surface area contributed by atoms with E-state index < -0.39 is 5.92 Å². The van der Waals surface area contributed by atoms with Gasteiger partial charge in [0.15, 0.2) is 0 Å². The number of ketones is 2. The molecule has 0 N–H and O–H groups in total. The maximum atomic E-state index is 11.9. The first-order valence-corrected chi connectivity index (χ1v) is 5.31. The molecular weight excluding hydrogens is 243 g/mol. The van der Waals surface area contributed by atoms with Crippen LogP contribution in [0.5, 0.6) is 0 Å². The summed E-state index contributed by atoms with van der Waals surface area (Å²) in [4.78, 5) is 31.8. The summed E-state index contributed by atoms with van der Waals surface area (Å²) in [5.41, 5.74) is 0.264. The Labute approximate surface area is 143 Å². The van der Waals surface area contributed by atoms with Crippen LogP contribution >= 0.6 is 0 Å². The second-order valence-electron chi connectivity index (χ2n) is 5.01. The maximum Gasteiger partial charge on any atom is 0.149 e. The van der Waals surface area contributed by atoms with E-state index >= 15 is 0 Å². The number of rotatable bonds is 1. The van der Waals surface area contributed by atoms with Crippen molar-refractivity contribution in [2.45, 2.75) is 32.6 Å². The van der Waals surface area contributed by atoms with E-state index in [2.05, 4.69) is 9.97 Å². The Morgan fingerprint density at radius 1 is 1.18 bits per heavy atom. The van der Waals surface area contributed by atoms with Gasteiger partial charge in [0.05, 0.1) is 5.69 Å². The topological polar surface area (TPSA) is 59.9 Å². The smallest absolute Gasteiger partial charge is 0.149 e. The van der Waals surface area contributed by atoms with Crippen molar-refractivity contribution < 1.29 is 9.59 Å². The van der Waals surface area contributed by atoms with Gasteiger partial charge in [0.1, 0.15) is 17.5 Å². The van der Waals surface area contributed by atoms with Gasteiger partial charge in [-0.15, -0.1) is 0 Å². The molecule has 1 aromatic rings. The monoisotopic (exact) mass is 257 g/mol. The van der Waals surface area contributed by atoms with Crippen molar-refractivity contribution in [3.8, 4) is 0 Å². The van der Waals surface area contributed by atoms with Crippen molar-refractivity contribution in [2.75, 3.05) is 0 Å². The van der Waals surface area contributed by atoms with Crippen molar-refractivity contribution in [3.63, 3.8) is 0 Å². The fourth-order valence-electron chi connectivity index (χ4n) is 2.18. The van der Waals surface area contributed by atoms with E-state index in [9.17, 15) is 9.59 Å². The summed E-state index contributed by atoms with van der Waals surface area (Å²) in [6.45, 7) is 3.88. The largest absolute Gasteiger partial charge is 0.298 e. The molecule has 1 aromatic heterocycles. The van der Waals surface area contributed by atoms with Gasteiger partial charge in [-0.05, 0) is 5.41 Å². The molecule has 1 aliphatic carbocycles. The Balaban J connectivity index is 0.00000144. The summed E-state index contributed by atoms with van der Waals surface area (Å²) in [6, 6.07) is 0. The Hall–Kier alpha value is 0.0564. The fraction of sp³-hybridized carbons (Fsp3) is 0.500. The van der Waals surface area contributed by atoms with Gasteiger partial charge in [-0.1, -0.05) is 13.8 Å². The number of carbonyl (C=O) groups is 2. The first-order valence-electron chi connectivity index (χ1n) is 5.31. The average Bonchev–Trinajstić information content (AvgIpc) is 2.16. The quantitative estimate of drug-likeness (QED) is 0.559. The third-order valence-corrected chi connectivity index (χ3v) is 2.83. The summed E-state index contributed by atoms with van der Waals surface area (Å²) in [6.07, 6.45) is 5.40. The summed E-state index contributed by atoms with van der Waals surface area (Å²) in [5.74, 6) is -0.773. The third-order valence-electron chi connectivity index (χ3n) is 2.83. The zero-order valence-corrected chi connectivity index (χ0v) is 13.6. The first kappa shape index (κ1) is 15.1. The Morgan fingerprint density at radius 2 is 1.76 bits per heavy atom. The third kappa shape index (κ3) is 3.51. The molecule has 2 rings (SSSR count). The predicted octanol–water partition coefficient (Wildman–Crippen LogP) is 1.14. The second-order valence-corrected chi connectivity index (χ2v) is 5.01. The first-order chi connectivity index (χ1) is 7.49. The van der Waals surface area contributed by atoms with Gasteiger partial charge < -0.3 is 0 Å². The summed E-state index contributed by atoms with van der Waals surface area (Å²) < 4.78 is 0. The molecule has 1 heterocycles. The predicted molar refractivity (Wildman–Crippen MR) is 63.6 cm³/mol. The van der Waals surface area contributed by atoms with Crippen molar-refractivity contribution in [1.82, 2.24) is 9.97 Å². The van der Waals surface area contributed by atoms with Gasteiger partial charge in [-0.25, -0.2) is 0 Å². The van der Waals surface area contributed by atoms with Crippen molar-refractivity contribution in [1.29, 1.82) is 0 Å². The molecule has 85 valence electrons. The molecule has 1 aliphatic rings. The van der Waals surface area contributed by atoms with Crippen LogP contribution in [-0.2, 0) is 9.59 Å². The SMILES string of the molecule is CC1(C)CC(=O)C(c2cnccn2)C(=O)C1.[K]. The van der Waals surface area contributed by atoms with Crippen LogP contribution in [0.25, 0.3) is 0 Å². The number of carbonyl (C=O) groups excluding carboxylic acids is 2. The molecule has 0 bridgehead atoms. The van der Waals surface area contributed by atoms with Crippen LogP contribution in [0, 0.1) is 5.41 Å². The van der Waals surface area contributed by atoms with E-state index in [-0.39, 0.29) is 68.4 Å². The molecule has 0 amide bonds. The van der Waals surface area contributed by atoms with Crippen LogP contribution in [-0.4, -0.2) is 72.9 Å². The average molecular weight is 257 g/mol. The zero-order chi connectivity index (χ0) is 11.8. The van der Waals surface area contributed by atoms with Gasteiger partial charge in [0.2, 0.25) is 0 Å². The summed E-state index contributed by atoms with van der Waals surface area (Å²) in [7, 11) is 0. The number of Topliss-reactive ketones (excluding diaryl/α,β-unsaturated/α-hetero) is 2. The van der Waals surface area contributed by atoms with Gasteiger partial charge in [-0.2, -0.15) is 0 Å². The van der Waals surface area contributed by atoms with Crippen molar-refractivity contribution >= 4 is 63.0 Å². The van der Waals surface area contributed by atoms with Gasteiger partial charge in [-0.3, -0.25) is 19.6 Å². The summed E-state index contributed by atoms with van der Waals surface area (Å²) in [5, 5.41) is 0. The minimum atomic E-state index is -0.693. The van der Waals surface area contributed by atoms with Crippen LogP contribution in [0.15, 0.2) is 18.6 Å². The van der Waals surface area contributed by atoms with E-state index in [1.54, 1.807) is 0 Å². The molecule has 0 aromatic carbocycles. The molecule has 1 saturated carbocycles. The molecule has 5 heteroatoms. The van der Waals surface area contributed by atoms with E-state index in [1.165, 1.54) is 18.6 Å². The minimum absolute atomic E-state index is 0. The number of aromatic nitrogens is 2. The normalized spacial score (nSPS) is 19.9. The molecular formula is C12H14KN2O2. The van der Waals surface area contributed by atoms with Gasteiger partial charge >= 0.3 is 0 Å². The zero-order valence-electron chi connectivity index (χ0n) is 10.4. The number of hydrogen-bond acceptors (Lipinski definition) is 4. The van der Waals surface area contributed by atoms with Crippen LogP contribution < -0.4 is 0 Å². The van der Waals surface area contributed by atoms with E-state index in [0.717, 1.165) is 0 Å². The minimum Gasteiger partial charge on any atom is -0.298 e. The fourth-order valence-corrected chi connectivity index (χ4v) is 2.18. The number of hydrogen-bond donors (Lipinski definition) is 0. The van der Waals surface area contributed by atoms with E-state index in [4.69, 9.17) is 0 Å². The Bertz CT molecular complexity index is 411. The molecule has 0 atom stereocenters. The molecule has 0 saturated heterocycles. The van der Waals surface area contributed by atoms with Crippen LogP contribution in [0.4, 0.5) is 0 Å². The van der Waals surface area contributed by atoms with Crippen LogP contribution in [0.3, 0.4) is 0 Å². The number of nitrogens with zero attached hydrogens (tertiary/aromatic N) is 2. The summed E-state index contributed by atoms with van der Waals surface area (Å²) >= 11 is 0. The Kier molecular flexibility index (Phi) is 5.15. The van der Waals surface area contributed by atoms with Gasteiger partial charge in [0, 0.05) is 82.8 Å². The molecule has 0 spiro atoms. The molecule has 0 aliphatic heterocycles. The van der Waals surface area contributed by atoms with Crippen LogP contribution in [0.2, 0.25) is 0 Å². The van der Waals surface area contributed by atoms with Crippen LogP contribution in [0.1, 0.15) is 38.3 Å². The molecule has 17 heavy (non-hydrogen) atoms. The molecule has 1 radical (unpaired) electrons. The maximum absolute atomic E-state index is 11.9. The standard InChI is InChI=1S/C12H14N2O2.K/c1-12(2)5-9(15)11(10(16)6-12)8-7-13-3-4-14-8;/h3-4,7,11H,5-6H2,1-2H3;. The van der Waals surface area contributed by atoms with E-state index in [0.29, 0.717) is 18.5 Å². The molecule has 0 unspecified atom stereocenters. The molecule has 4 nitrogen and oxygen atoms in total. The van der Waals surface area contributed by atoms with Crippen molar-refractivity contribution in [2.24, 2.45) is 5.41 Å². The Morgan fingerprint density at radius 3 is 2.24 bits per heavy atom. The van der Waals surface area contributed by atoms with Gasteiger partial charge in [0.25, 0.3) is 0 Å².